The van der Waals surface area contributed by atoms with E-state index in [9.17, 15) is 4.79 Å². The maximum Gasteiger partial charge on any atom is 0.411 e. The van der Waals surface area contributed by atoms with E-state index in [4.69, 9.17) is 27.9 Å². The van der Waals surface area contributed by atoms with E-state index in [2.05, 4.69) is 17.5 Å². The number of hydrogen-bond donors (Lipinski definition) is 1. The number of amides is 1. The molecule has 0 heterocycles. The molecule has 0 saturated heterocycles. The number of nitrogens with one attached hydrogen (secondary N) is 1. The number of fused-ring (bicyclic) bond motifs is 2. The minimum absolute atomic E-state index is 0.405. The first-order chi connectivity index (χ1) is 9.61. The van der Waals surface area contributed by atoms with Crippen LogP contribution in [-0.4, -0.2) is 12.7 Å². The summed E-state index contributed by atoms with van der Waals surface area (Å²) in [5, 5.41) is 3.52. The standard InChI is InChI=1S/C15H15Cl2NO2/c16-13-4-3-12(7-14(13)17)18-15(19)20-8-11-6-9-1-2-10(11)5-9/h1-4,7,9-11H,5-6,8H2,(H,18,19)/t9-,10+,11+/m1/s1. The summed E-state index contributed by atoms with van der Waals surface area (Å²) in [6, 6.07) is 4.93. The molecule has 1 saturated carbocycles. The molecule has 3 atom stereocenters. The van der Waals surface area contributed by atoms with Crippen molar-refractivity contribution in [3.05, 3.63) is 40.4 Å². The number of anilines is 1. The summed E-state index contributed by atoms with van der Waals surface area (Å²) in [5.41, 5.74) is 0.581. The van der Waals surface area contributed by atoms with Crippen LogP contribution in [0.1, 0.15) is 12.8 Å². The van der Waals surface area contributed by atoms with Gasteiger partial charge in [-0.15, -0.1) is 0 Å². The average Bonchev–Trinajstić information content (AvgIpc) is 3.03. The second kappa shape index (κ2) is 5.66. The summed E-state index contributed by atoms with van der Waals surface area (Å²) in [6.45, 7) is 0.471. The van der Waals surface area contributed by atoms with Crippen molar-refractivity contribution >= 4 is 35.0 Å². The minimum atomic E-state index is -0.449. The van der Waals surface area contributed by atoms with E-state index in [0.29, 0.717) is 40.1 Å². The molecular formula is C15H15Cl2NO2. The summed E-state index contributed by atoms with van der Waals surface area (Å²) in [6.07, 6.45) is 6.41. The fraction of sp³-hybridized carbons (Fsp3) is 0.400. The molecule has 0 aliphatic heterocycles. The largest absolute Gasteiger partial charge is 0.449 e. The zero-order valence-electron chi connectivity index (χ0n) is 10.8. The number of allylic oxidation sites excluding steroid dienone is 2. The first-order valence-electron chi connectivity index (χ1n) is 6.69. The predicted molar refractivity (Wildman–Crippen MR) is 80.3 cm³/mol. The third kappa shape index (κ3) is 2.94. The van der Waals surface area contributed by atoms with Crippen LogP contribution >= 0.6 is 23.2 Å². The summed E-state index contributed by atoms with van der Waals surface area (Å²) in [4.78, 5) is 11.7. The van der Waals surface area contributed by atoms with Crippen molar-refractivity contribution in [3.63, 3.8) is 0 Å². The maximum atomic E-state index is 11.7. The van der Waals surface area contributed by atoms with Gasteiger partial charge in [0.2, 0.25) is 0 Å². The molecule has 2 aliphatic rings. The number of carbonyl (C=O) groups is 1. The molecule has 1 N–H and O–H groups in total. The van der Waals surface area contributed by atoms with Gasteiger partial charge in [0.15, 0.2) is 0 Å². The van der Waals surface area contributed by atoms with Crippen molar-refractivity contribution in [2.45, 2.75) is 12.8 Å². The van der Waals surface area contributed by atoms with Gasteiger partial charge in [0, 0.05) is 11.6 Å². The molecule has 2 bridgehead atoms. The maximum absolute atomic E-state index is 11.7. The van der Waals surface area contributed by atoms with Crippen molar-refractivity contribution in [1.82, 2.24) is 0 Å². The number of carbonyl (C=O) groups excluding carboxylic acids is 1. The number of rotatable bonds is 3. The van der Waals surface area contributed by atoms with E-state index in [1.54, 1.807) is 18.2 Å². The molecule has 2 aliphatic carbocycles. The summed E-state index contributed by atoms with van der Waals surface area (Å²) in [7, 11) is 0. The number of hydrogen-bond acceptors (Lipinski definition) is 2. The summed E-state index contributed by atoms with van der Waals surface area (Å²) in [5.74, 6) is 1.73. The number of benzene rings is 1. The Morgan fingerprint density at radius 1 is 1.25 bits per heavy atom. The van der Waals surface area contributed by atoms with Crippen LogP contribution in [0.5, 0.6) is 0 Å². The van der Waals surface area contributed by atoms with Gasteiger partial charge in [-0.05, 0) is 42.9 Å². The highest BCUT2D eigenvalue weighted by Crippen LogP contribution is 2.43. The van der Waals surface area contributed by atoms with Crippen molar-refractivity contribution in [3.8, 4) is 0 Å². The predicted octanol–water partition coefficient (Wildman–Crippen LogP) is 4.75. The van der Waals surface area contributed by atoms with Crippen molar-refractivity contribution in [2.24, 2.45) is 17.8 Å². The molecule has 0 aromatic heterocycles. The first-order valence-corrected chi connectivity index (χ1v) is 7.44. The second-order valence-electron chi connectivity index (χ2n) is 5.39. The van der Waals surface area contributed by atoms with E-state index in [1.165, 1.54) is 6.42 Å². The molecule has 1 amide bonds. The molecule has 5 heteroatoms. The van der Waals surface area contributed by atoms with Gasteiger partial charge in [-0.3, -0.25) is 5.32 Å². The van der Waals surface area contributed by atoms with Gasteiger partial charge in [0.05, 0.1) is 16.7 Å². The molecule has 1 fully saturated rings. The van der Waals surface area contributed by atoms with Crippen LogP contribution in [0.2, 0.25) is 10.0 Å². The highest BCUT2D eigenvalue weighted by Gasteiger charge is 2.36. The molecule has 0 spiro atoms. The van der Waals surface area contributed by atoms with Crippen LogP contribution in [0.4, 0.5) is 10.5 Å². The van der Waals surface area contributed by atoms with Crippen LogP contribution < -0.4 is 5.32 Å². The normalized spacial score (nSPS) is 26.8. The zero-order chi connectivity index (χ0) is 14.1. The van der Waals surface area contributed by atoms with E-state index in [0.717, 1.165) is 6.42 Å². The molecule has 3 rings (SSSR count). The van der Waals surface area contributed by atoms with Crippen molar-refractivity contribution in [1.29, 1.82) is 0 Å². The molecule has 1 aromatic rings. The Kier molecular flexibility index (Phi) is 3.90. The van der Waals surface area contributed by atoms with E-state index in [1.807, 2.05) is 0 Å². The Hall–Kier alpha value is -1.19. The fourth-order valence-corrected chi connectivity index (χ4v) is 3.29. The molecule has 1 aromatic carbocycles. The van der Waals surface area contributed by atoms with Crippen LogP contribution in [-0.2, 0) is 4.74 Å². The molecule has 3 nitrogen and oxygen atoms in total. The lowest BCUT2D eigenvalue weighted by Gasteiger charge is -2.17. The van der Waals surface area contributed by atoms with Gasteiger partial charge in [0.25, 0.3) is 0 Å². The van der Waals surface area contributed by atoms with Gasteiger partial charge in [-0.1, -0.05) is 35.4 Å². The fourth-order valence-electron chi connectivity index (χ4n) is 3.00. The van der Waals surface area contributed by atoms with Gasteiger partial charge in [0.1, 0.15) is 0 Å². The molecule has 0 unspecified atom stereocenters. The molecule has 20 heavy (non-hydrogen) atoms. The third-order valence-corrected chi connectivity index (χ3v) is 4.75. The van der Waals surface area contributed by atoms with Crippen molar-refractivity contribution in [2.75, 3.05) is 11.9 Å². The highest BCUT2D eigenvalue weighted by atomic mass is 35.5. The zero-order valence-corrected chi connectivity index (χ0v) is 12.3. The quantitative estimate of drug-likeness (QED) is 0.818. The minimum Gasteiger partial charge on any atom is -0.449 e. The van der Waals surface area contributed by atoms with E-state index in [-0.39, 0.29) is 0 Å². The Labute approximate surface area is 127 Å². The summed E-state index contributed by atoms with van der Waals surface area (Å²) < 4.78 is 5.29. The molecule has 0 radical (unpaired) electrons. The van der Waals surface area contributed by atoms with Crippen LogP contribution in [0.25, 0.3) is 0 Å². The Morgan fingerprint density at radius 3 is 2.75 bits per heavy atom. The van der Waals surface area contributed by atoms with Gasteiger partial charge in [-0.25, -0.2) is 4.79 Å². The molecular weight excluding hydrogens is 297 g/mol. The number of ether oxygens (including phenoxy) is 1. The van der Waals surface area contributed by atoms with Crippen LogP contribution in [0.3, 0.4) is 0 Å². The van der Waals surface area contributed by atoms with E-state index < -0.39 is 6.09 Å². The third-order valence-electron chi connectivity index (χ3n) is 4.01. The lowest BCUT2D eigenvalue weighted by molar-refractivity contribution is 0.134. The van der Waals surface area contributed by atoms with Gasteiger partial charge in [-0.2, -0.15) is 0 Å². The van der Waals surface area contributed by atoms with Gasteiger partial charge < -0.3 is 4.74 Å². The van der Waals surface area contributed by atoms with Crippen molar-refractivity contribution < 1.29 is 9.53 Å². The lowest BCUT2D eigenvalue weighted by Crippen LogP contribution is -2.21. The molecule has 106 valence electrons. The smallest absolute Gasteiger partial charge is 0.411 e. The average molecular weight is 312 g/mol. The topological polar surface area (TPSA) is 38.3 Å². The van der Waals surface area contributed by atoms with E-state index >= 15 is 0 Å². The summed E-state index contributed by atoms with van der Waals surface area (Å²) >= 11 is 11.7. The van der Waals surface area contributed by atoms with Crippen LogP contribution in [0.15, 0.2) is 30.4 Å². The Bertz CT molecular complexity index is 559. The number of halogens is 2. The SMILES string of the molecule is O=C(Nc1ccc(Cl)c(Cl)c1)OC[C@@H]1C[C@@H]2C=C[C@H]1C2. The highest BCUT2D eigenvalue weighted by molar-refractivity contribution is 6.42. The van der Waals surface area contributed by atoms with Gasteiger partial charge >= 0.3 is 6.09 Å². The Balaban J connectivity index is 1.50. The van der Waals surface area contributed by atoms with Crippen LogP contribution in [0, 0.1) is 17.8 Å². The lowest BCUT2D eigenvalue weighted by atomic mass is 9.95. The second-order valence-corrected chi connectivity index (χ2v) is 6.21. The Morgan fingerprint density at radius 2 is 2.10 bits per heavy atom. The monoisotopic (exact) mass is 311 g/mol. The first kappa shape index (κ1) is 13.8.